The molecule has 132 valence electrons. The first kappa shape index (κ1) is 17.1. The maximum Gasteiger partial charge on any atom is 0.410 e. The van der Waals surface area contributed by atoms with Crippen LogP contribution < -0.4 is 0 Å². The summed E-state index contributed by atoms with van der Waals surface area (Å²) in [6.45, 7) is 7.72. The molecule has 0 saturated carbocycles. The molecule has 1 N–H and O–H groups in total. The number of carbonyl (C=O) groups excluding carboxylic acids is 1. The lowest BCUT2D eigenvalue weighted by Gasteiger charge is -2.39. The van der Waals surface area contributed by atoms with Gasteiger partial charge >= 0.3 is 6.09 Å². The highest BCUT2D eigenvalue weighted by molar-refractivity contribution is 5.68. The molecule has 0 aliphatic carbocycles. The largest absolute Gasteiger partial charge is 0.508 e. The van der Waals surface area contributed by atoms with Crippen molar-refractivity contribution < 1.29 is 19.4 Å². The summed E-state index contributed by atoms with van der Waals surface area (Å²) >= 11 is 0. The van der Waals surface area contributed by atoms with Crippen LogP contribution in [0, 0.1) is 0 Å². The van der Waals surface area contributed by atoms with Gasteiger partial charge in [0.1, 0.15) is 11.4 Å². The van der Waals surface area contributed by atoms with E-state index in [9.17, 15) is 9.90 Å². The molecule has 2 fully saturated rings. The Morgan fingerprint density at radius 1 is 1.25 bits per heavy atom. The highest BCUT2D eigenvalue weighted by atomic mass is 16.6. The number of amides is 1. The molecular weight excluding hydrogens is 306 g/mol. The summed E-state index contributed by atoms with van der Waals surface area (Å²) in [7, 11) is 0. The molecule has 0 unspecified atom stereocenters. The van der Waals surface area contributed by atoms with Crippen LogP contribution in [0.5, 0.6) is 5.75 Å². The highest BCUT2D eigenvalue weighted by Crippen LogP contribution is 2.43. The van der Waals surface area contributed by atoms with Crippen molar-refractivity contribution in [2.45, 2.75) is 57.2 Å². The number of phenols is 1. The van der Waals surface area contributed by atoms with Crippen LogP contribution in [0.1, 0.15) is 51.5 Å². The average molecular weight is 333 g/mol. The number of rotatable bonds is 1. The topological polar surface area (TPSA) is 59.0 Å². The van der Waals surface area contributed by atoms with E-state index < -0.39 is 5.60 Å². The Morgan fingerprint density at radius 2 is 1.88 bits per heavy atom. The highest BCUT2D eigenvalue weighted by Gasteiger charge is 2.44. The van der Waals surface area contributed by atoms with Gasteiger partial charge in [0, 0.05) is 19.0 Å². The Hall–Kier alpha value is -1.75. The fraction of sp³-hybridized carbons (Fsp3) is 0.632. The summed E-state index contributed by atoms with van der Waals surface area (Å²) in [5.41, 5.74) is 0.625. The van der Waals surface area contributed by atoms with Gasteiger partial charge in [0.05, 0.1) is 12.2 Å². The third-order valence-electron chi connectivity index (χ3n) is 4.90. The summed E-state index contributed by atoms with van der Waals surface area (Å²) in [5, 5.41) is 9.42. The zero-order chi connectivity index (χ0) is 17.4. The van der Waals surface area contributed by atoms with Crippen molar-refractivity contribution in [3.05, 3.63) is 29.8 Å². The van der Waals surface area contributed by atoms with Crippen molar-refractivity contribution in [3.63, 3.8) is 0 Å². The quantitative estimate of drug-likeness (QED) is 0.852. The van der Waals surface area contributed by atoms with Gasteiger partial charge in [-0.3, -0.25) is 0 Å². The van der Waals surface area contributed by atoms with Gasteiger partial charge < -0.3 is 19.5 Å². The van der Waals surface area contributed by atoms with Crippen LogP contribution in [0.25, 0.3) is 0 Å². The van der Waals surface area contributed by atoms with Gasteiger partial charge in [-0.25, -0.2) is 4.79 Å². The fourth-order valence-electron chi connectivity index (χ4n) is 3.58. The maximum atomic E-state index is 12.2. The van der Waals surface area contributed by atoms with Gasteiger partial charge in [-0.15, -0.1) is 0 Å². The molecule has 2 saturated heterocycles. The van der Waals surface area contributed by atoms with E-state index in [1.807, 2.05) is 32.9 Å². The predicted octanol–water partition coefficient (Wildman–Crippen LogP) is 3.67. The number of ether oxygens (including phenoxy) is 2. The van der Waals surface area contributed by atoms with E-state index >= 15 is 0 Å². The predicted molar refractivity (Wildman–Crippen MR) is 91.2 cm³/mol. The molecule has 3 rings (SSSR count). The van der Waals surface area contributed by atoms with Gasteiger partial charge in [-0.05, 0) is 57.7 Å². The van der Waals surface area contributed by atoms with Crippen molar-refractivity contribution in [1.29, 1.82) is 0 Å². The minimum atomic E-state index is -0.458. The van der Waals surface area contributed by atoms with Gasteiger partial charge in [0.25, 0.3) is 0 Å². The molecule has 0 bridgehead atoms. The minimum Gasteiger partial charge on any atom is -0.508 e. The summed E-state index contributed by atoms with van der Waals surface area (Å²) in [6.07, 6.45) is 2.44. The Balaban J connectivity index is 1.56. The van der Waals surface area contributed by atoms with Crippen molar-refractivity contribution in [2.24, 2.45) is 0 Å². The van der Waals surface area contributed by atoms with Crippen LogP contribution in [-0.2, 0) is 9.47 Å². The molecule has 1 spiro atoms. The van der Waals surface area contributed by atoms with E-state index in [2.05, 4.69) is 0 Å². The van der Waals surface area contributed by atoms with Crippen LogP contribution in [0.15, 0.2) is 24.3 Å². The molecule has 24 heavy (non-hydrogen) atoms. The normalized spacial score (nSPS) is 23.5. The molecule has 5 heteroatoms. The maximum absolute atomic E-state index is 12.2. The molecule has 5 nitrogen and oxygen atoms in total. The van der Waals surface area contributed by atoms with Crippen molar-refractivity contribution in [1.82, 2.24) is 4.90 Å². The Kier molecular flexibility index (Phi) is 4.47. The molecule has 0 radical (unpaired) electrons. The van der Waals surface area contributed by atoms with E-state index in [1.165, 1.54) is 5.56 Å². The smallest absolute Gasteiger partial charge is 0.410 e. The minimum absolute atomic E-state index is 0.124. The van der Waals surface area contributed by atoms with Crippen LogP contribution in [0.2, 0.25) is 0 Å². The molecule has 2 aliphatic rings. The van der Waals surface area contributed by atoms with Crippen LogP contribution >= 0.6 is 0 Å². The lowest BCUT2D eigenvalue weighted by Crippen LogP contribution is -2.47. The summed E-state index contributed by atoms with van der Waals surface area (Å²) < 4.78 is 11.6. The molecule has 1 atom stereocenters. The molecule has 2 aliphatic heterocycles. The molecular formula is C19H27NO4. The number of hydrogen-bond acceptors (Lipinski definition) is 4. The van der Waals surface area contributed by atoms with Crippen LogP contribution in [0.3, 0.4) is 0 Å². The van der Waals surface area contributed by atoms with Gasteiger partial charge in [-0.1, -0.05) is 12.1 Å². The van der Waals surface area contributed by atoms with Crippen molar-refractivity contribution >= 4 is 6.09 Å². The molecule has 1 amide bonds. The van der Waals surface area contributed by atoms with E-state index in [0.717, 1.165) is 19.3 Å². The lowest BCUT2D eigenvalue weighted by atomic mass is 9.83. The second kappa shape index (κ2) is 6.28. The SMILES string of the molecule is CC(C)(C)OC(=O)N1CCC2(CC1)C[C@H](c1ccc(O)cc1)CO2. The number of nitrogens with zero attached hydrogens (tertiary/aromatic N) is 1. The number of benzene rings is 1. The molecule has 1 aromatic rings. The molecule has 2 heterocycles. The fourth-order valence-corrected chi connectivity index (χ4v) is 3.58. The van der Waals surface area contributed by atoms with Gasteiger partial charge in [0.15, 0.2) is 0 Å². The van der Waals surface area contributed by atoms with Crippen molar-refractivity contribution in [3.8, 4) is 5.75 Å². The summed E-state index contributed by atoms with van der Waals surface area (Å²) in [6, 6.07) is 7.40. The molecule has 0 aromatic heterocycles. The first-order chi connectivity index (χ1) is 11.3. The summed E-state index contributed by atoms with van der Waals surface area (Å²) in [4.78, 5) is 14.0. The Labute approximate surface area is 143 Å². The number of piperidine rings is 1. The second-order valence-electron chi connectivity index (χ2n) is 7.95. The molecule has 1 aromatic carbocycles. The van der Waals surface area contributed by atoms with E-state index in [-0.39, 0.29) is 17.4 Å². The number of likely N-dealkylation sites (tertiary alicyclic amines) is 1. The number of aromatic hydroxyl groups is 1. The van der Waals surface area contributed by atoms with Gasteiger partial charge in [0.2, 0.25) is 0 Å². The first-order valence-corrected chi connectivity index (χ1v) is 8.67. The Morgan fingerprint density at radius 3 is 2.46 bits per heavy atom. The third kappa shape index (κ3) is 3.83. The second-order valence-corrected chi connectivity index (χ2v) is 7.95. The average Bonchev–Trinajstić information content (AvgIpc) is 2.91. The third-order valence-corrected chi connectivity index (χ3v) is 4.90. The number of phenolic OH excluding ortho intramolecular Hbond substituents is 1. The monoisotopic (exact) mass is 333 g/mol. The zero-order valence-corrected chi connectivity index (χ0v) is 14.7. The van der Waals surface area contributed by atoms with Crippen molar-refractivity contribution in [2.75, 3.05) is 19.7 Å². The first-order valence-electron chi connectivity index (χ1n) is 8.67. The number of carbonyl (C=O) groups is 1. The van der Waals surface area contributed by atoms with Crippen LogP contribution in [-0.4, -0.2) is 47.0 Å². The van der Waals surface area contributed by atoms with E-state index in [4.69, 9.17) is 9.47 Å². The lowest BCUT2D eigenvalue weighted by molar-refractivity contribution is -0.0485. The van der Waals surface area contributed by atoms with Crippen LogP contribution in [0.4, 0.5) is 4.79 Å². The van der Waals surface area contributed by atoms with E-state index in [1.54, 1.807) is 17.0 Å². The number of hydrogen-bond donors (Lipinski definition) is 1. The van der Waals surface area contributed by atoms with E-state index in [0.29, 0.717) is 25.6 Å². The summed E-state index contributed by atoms with van der Waals surface area (Å²) in [5.74, 6) is 0.650. The zero-order valence-electron chi connectivity index (χ0n) is 14.7. The Bertz CT molecular complexity index is 582. The van der Waals surface area contributed by atoms with Gasteiger partial charge in [-0.2, -0.15) is 0 Å². The standard InChI is InChI=1S/C19H27NO4/c1-18(2,3)24-17(22)20-10-8-19(9-11-20)12-15(13-23-19)14-4-6-16(21)7-5-14/h4-7,15,21H,8-13H2,1-3H3/t15-/m0/s1.